The van der Waals surface area contributed by atoms with Gasteiger partial charge < -0.3 is 14.4 Å². The maximum Gasteiger partial charge on any atom is 0.410 e. The number of ether oxygens (including phenoxy) is 2. The van der Waals surface area contributed by atoms with Crippen LogP contribution in [0.25, 0.3) is 10.2 Å². The van der Waals surface area contributed by atoms with Crippen molar-refractivity contribution in [1.29, 1.82) is 0 Å². The Balaban J connectivity index is 1.53. The lowest BCUT2D eigenvalue weighted by Crippen LogP contribution is -2.55. The fourth-order valence-electron chi connectivity index (χ4n) is 4.00. The molecule has 0 N–H and O–H groups in total. The number of nitrogens with zero attached hydrogens (tertiary/aromatic N) is 5. The third kappa shape index (κ3) is 5.48. The van der Waals surface area contributed by atoms with Gasteiger partial charge in [0.25, 0.3) is 0 Å². The summed E-state index contributed by atoms with van der Waals surface area (Å²) in [5.74, 6) is 0. The van der Waals surface area contributed by atoms with Crippen molar-refractivity contribution in [3.63, 3.8) is 0 Å². The molecule has 8 nitrogen and oxygen atoms in total. The molecule has 4 rings (SSSR count). The van der Waals surface area contributed by atoms with E-state index in [4.69, 9.17) is 9.47 Å². The molecule has 0 spiro atoms. The number of morpholine rings is 1. The quantitative estimate of drug-likeness (QED) is 0.681. The summed E-state index contributed by atoms with van der Waals surface area (Å²) in [5.41, 5.74) is 0.686. The molecule has 31 heavy (non-hydrogen) atoms. The summed E-state index contributed by atoms with van der Waals surface area (Å²) in [7, 11) is 0. The van der Waals surface area contributed by atoms with Crippen LogP contribution in [0.2, 0.25) is 0 Å². The largest absolute Gasteiger partial charge is 0.444 e. The number of hydrogen-bond acceptors (Lipinski definition) is 9. The molecule has 170 valence electrons. The predicted octanol–water partition coefficient (Wildman–Crippen LogP) is 3.26. The number of aromatic nitrogens is 2. The summed E-state index contributed by atoms with van der Waals surface area (Å²) in [4.78, 5) is 29.2. The summed E-state index contributed by atoms with van der Waals surface area (Å²) in [6, 6.07) is 2.19. The van der Waals surface area contributed by atoms with Gasteiger partial charge in [-0.1, -0.05) is 0 Å². The lowest BCUT2D eigenvalue weighted by molar-refractivity contribution is -0.0581. The molecule has 2 atom stereocenters. The van der Waals surface area contributed by atoms with E-state index in [9.17, 15) is 4.79 Å². The highest BCUT2D eigenvalue weighted by atomic mass is 32.2. The van der Waals surface area contributed by atoms with Gasteiger partial charge in [0.05, 0.1) is 23.0 Å². The lowest BCUT2D eigenvalue weighted by Gasteiger charge is -2.45. The minimum absolute atomic E-state index is 0.138. The van der Waals surface area contributed by atoms with Crippen molar-refractivity contribution in [2.45, 2.75) is 38.0 Å². The van der Waals surface area contributed by atoms with Gasteiger partial charge in [-0.15, -0.1) is 23.1 Å². The minimum Gasteiger partial charge on any atom is -0.444 e. The minimum atomic E-state index is -0.477. The van der Waals surface area contributed by atoms with Gasteiger partial charge >= 0.3 is 6.09 Å². The first-order chi connectivity index (χ1) is 14.8. The maximum atomic E-state index is 12.5. The first-order valence-electron chi connectivity index (χ1n) is 10.6. The zero-order valence-corrected chi connectivity index (χ0v) is 20.2. The molecule has 0 aliphatic carbocycles. The summed E-state index contributed by atoms with van der Waals surface area (Å²) < 4.78 is 12.6. The van der Waals surface area contributed by atoms with Crippen LogP contribution in [0, 0.1) is 0 Å². The smallest absolute Gasteiger partial charge is 0.410 e. The number of carbonyl (C=O) groups excluding carboxylic acids is 1. The zero-order chi connectivity index (χ0) is 22.0. The first-order valence-corrected chi connectivity index (χ1v) is 12.7. The third-order valence-corrected chi connectivity index (χ3v) is 7.37. The number of rotatable bonds is 4. The Morgan fingerprint density at radius 1 is 1.26 bits per heavy atom. The summed E-state index contributed by atoms with van der Waals surface area (Å²) in [6.07, 6.45) is 5.50. The molecule has 2 aromatic heterocycles. The molecule has 2 aliphatic heterocycles. The molecule has 2 unspecified atom stereocenters. The third-order valence-electron chi connectivity index (χ3n) is 5.46. The van der Waals surface area contributed by atoms with Crippen LogP contribution in [0.5, 0.6) is 0 Å². The van der Waals surface area contributed by atoms with E-state index < -0.39 is 5.60 Å². The Kier molecular flexibility index (Phi) is 7.02. The van der Waals surface area contributed by atoms with Crippen molar-refractivity contribution in [2.75, 3.05) is 52.1 Å². The molecule has 0 aromatic carbocycles. The number of piperazine rings is 1. The van der Waals surface area contributed by atoms with E-state index in [1.807, 2.05) is 31.9 Å². The number of fused-ring (bicyclic) bond motifs is 1. The summed E-state index contributed by atoms with van der Waals surface area (Å²) >= 11 is 3.51. The van der Waals surface area contributed by atoms with Crippen molar-refractivity contribution >= 4 is 39.4 Å². The average Bonchev–Trinajstić information content (AvgIpc) is 3.17. The fourth-order valence-corrected chi connectivity index (χ4v) is 5.73. The predicted molar refractivity (Wildman–Crippen MR) is 124 cm³/mol. The molecule has 0 radical (unpaired) electrons. The Labute approximate surface area is 191 Å². The summed E-state index contributed by atoms with van der Waals surface area (Å²) in [5, 5.41) is 0. The fraction of sp³-hybridized carbons (Fsp3) is 0.667. The van der Waals surface area contributed by atoms with Crippen LogP contribution in [0.3, 0.4) is 0 Å². The number of thiophene rings is 1. The summed E-state index contributed by atoms with van der Waals surface area (Å²) in [6.45, 7) is 11.1. The SMILES string of the molecule is CSC1CN(C(c2cc3ncncc3s2)N2CCN(C(=O)OC(C)(C)C)CC2)CCO1. The zero-order valence-electron chi connectivity index (χ0n) is 18.6. The molecule has 2 aromatic rings. The highest BCUT2D eigenvalue weighted by Crippen LogP contribution is 2.36. The van der Waals surface area contributed by atoms with Crippen LogP contribution >= 0.6 is 23.1 Å². The van der Waals surface area contributed by atoms with Gasteiger partial charge in [0, 0.05) is 50.3 Å². The molecule has 1 amide bonds. The van der Waals surface area contributed by atoms with Gasteiger partial charge in [-0.2, -0.15) is 0 Å². The van der Waals surface area contributed by atoms with Gasteiger partial charge in [-0.05, 0) is 33.1 Å². The van der Waals surface area contributed by atoms with E-state index in [2.05, 4.69) is 32.1 Å². The van der Waals surface area contributed by atoms with E-state index in [-0.39, 0.29) is 17.7 Å². The second-order valence-electron chi connectivity index (χ2n) is 8.83. The average molecular weight is 466 g/mol. The highest BCUT2D eigenvalue weighted by molar-refractivity contribution is 7.99. The van der Waals surface area contributed by atoms with Crippen LogP contribution in [-0.2, 0) is 9.47 Å². The van der Waals surface area contributed by atoms with E-state index >= 15 is 0 Å². The van der Waals surface area contributed by atoms with Crippen LogP contribution in [-0.4, -0.2) is 93.9 Å². The molecular formula is C21H31N5O3S2. The Morgan fingerprint density at radius 2 is 2.03 bits per heavy atom. The van der Waals surface area contributed by atoms with Gasteiger partial charge in [-0.25, -0.2) is 14.8 Å². The van der Waals surface area contributed by atoms with E-state index in [1.165, 1.54) is 4.88 Å². The van der Waals surface area contributed by atoms with Crippen LogP contribution in [0.15, 0.2) is 18.6 Å². The molecule has 0 bridgehead atoms. The van der Waals surface area contributed by atoms with E-state index in [0.717, 1.165) is 43.0 Å². The maximum absolute atomic E-state index is 12.5. The first kappa shape index (κ1) is 22.7. The second-order valence-corrected chi connectivity index (χ2v) is 10.9. The van der Waals surface area contributed by atoms with Crippen molar-refractivity contribution < 1.29 is 14.3 Å². The van der Waals surface area contributed by atoms with E-state index in [1.54, 1.807) is 29.4 Å². The normalized spacial score (nSPS) is 22.6. The Hall–Kier alpha value is -1.46. The Morgan fingerprint density at radius 3 is 2.71 bits per heavy atom. The van der Waals surface area contributed by atoms with Crippen molar-refractivity contribution in [1.82, 2.24) is 24.7 Å². The van der Waals surface area contributed by atoms with Gasteiger partial charge in [0.1, 0.15) is 17.4 Å². The van der Waals surface area contributed by atoms with Crippen molar-refractivity contribution in [3.8, 4) is 0 Å². The van der Waals surface area contributed by atoms with Crippen LogP contribution < -0.4 is 0 Å². The van der Waals surface area contributed by atoms with Gasteiger partial charge in [-0.3, -0.25) is 9.80 Å². The molecule has 2 aliphatic rings. The van der Waals surface area contributed by atoms with Crippen molar-refractivity contribution in [2.24, 2.45) is 0 Å². The van der Waals surface area contributed by atoms with Gasteiger partial charge in [0.15, 0.2) is 0 Å². The topological polar surface area (TPSA) is 71.0 Å². The highest BCUT2D eigenvalue weighted by Gasteiger charge is 2.35. The standard InChI is InChI=1S/C21H31N5O3S2/c1-21(2,3)29-20(27)25-7-5-24(6-8-25)19(26-9-10-28-18(13-26)30-4)16-11-15-17(31-16)12-22-14-23-15/h11-12,14,18-19H,5-10,13H2,1-4H3. The molecule has 2 saturated heterocycles. The van der Waals surface area contributed by atoms with Crippen molar-refractivity contribution in [3.05, 3.63) is 23.5 Å². The molecule has 10 heteroatoms. The number of carbonyl (C=O) groups is 1. The van der Waals surface area contributed by atoms with Crippen LogP contribution in [0.4, 0.5) is 4.79 Å². The Bertz CT molecular complexity index is 862. The lowest BCUT2D eigenvalue weighted by atomic mass is 10.2. The molecular weight excluding hydrogens is 434 g/mol. The number of thioether (sulfide) groups is 1. The van der Waals surface area contributed by atoms with Gasteiger partial charge in [0.2, 0.25) is 0 Å². The van der Waals surface area contributed by atoms with E-state index in [0.29, 0.717) is 13.1 Å². The second kappa shape index (κ2) is 9.58. The monoisotopic (exact) mass is 465 g/mol. The number of amides is 1. The van der Waals surface area contributed by atoms with Crippen LogP contribution in [0.1, 0.15) is 31.8 Å². The molecule has 0 saturated carbocycles. The number of hydrogen-bond donors (Lipinski definition) is 0. The molecule has 2 fully saturated rings. The molecule has 4 heterocycles.